The van der Waals surface area contributed by atoms with Crippen LogP contribution < -0.4 is 5.32 Å². The lowest BCUT2D eigenvalue weighted by Gasteiger charge is -2.22. The Balaban J connectivity index is 2.75. The molecule has 0 unspecified atom stereocenters. The van der Waals surface area contributed by atoms with E-state index >= 15 is 0 Å². The van der Waals surface area contributed by atoms with Crippen LogP contribution >= 0.6 is 0 Å². The topological polar surface area (TPSA) is 90.2 Å². The third-order valence-corrected chi connectivity index (χ3v) is 2.27. The molecule has 1 rings (SSSR count). The van der Waals surface area contributed by atoms with Crippen LogP contribution in [0.4, 0.5) is 0 Å². The van der Waals surface area contributed by atoms with Crippen LogP contribution in [0.1, 0.15) is 12.8 Å². The number of carbonyl (C=O) groups is 2. The highest BCUT2D eigenvalue weighted by molar-refractivity contribution is 5.86. The molecule has 0 aromatic rings. The molecule has 74 valence electrons. The number of nitriles is 1. The van der Waals surface area contributed by atoms with E-state index in [4.69, 9.17) is 10.4 Å². The number of hydrogen-bond acceptors (Lipinski definition) is 3. The van der Waals surface area contributed by atoms with Crippen molar-refractivity contribution in [3.05, 3.63) is 12.2 Å². The van der Waals surface area contributed by atoms with Crippen LogP contribution in [0.25, 0.3) is 0 Å². The summed E-state index contributed by atoms with van der Waals surface area (Å²) in [5.41, 5.74) is 0. The van der Waals surface area contributed by atoms with Crippen LogP contribution in [-0.2, 0) is 9.59 Å². The Labute approximate surface area is 81.0 Å². The zero-order chi connectivity index (χ0) is 10.6. The van der Waals surface area contributed by atoms with Crippen molar-refractivity contribution >= 4 is 11.9 Å². The first-order chi connectivity index (χ1) is 6.66. The van der Waals surface area contributed by atoms with Crippen molar-refractivity contribution in [3.8, 4) is 6.19 Å². The largest absolute Gasteiger partial charge is 0.481 e. The van der Waals surface area contributed by atoms with Crippen LogP contribution in [-0.4, -0.2) is 17.0 Å². The molecule has 0 saturated carbocycles. The molecule has 2 N–H and O–H groups in total. The summed E-state index contributed by atoms with van der Waals surface area (Å²) in [5, 5.41) is 19.0. The van der Waals surface area contributed by atoms with Crippen molar-refractivity contribution in [2.75, 3.05) is 0 Å². The number of nitrogens with one attached hydrogen (secondary N) is 1. The molecule has 1 aliphatic carbocycles. The Bertz CT molecular complexity index is 317. The molecular weight excluding hydrogens is 184 g/mol. The summed E-state index contributed by atoms with van der Waals surface area (Å²) >= 11 is 0. The standard InChI is InChI=1S/C9H10N2O3/c10-5-11-8(12)6-3-1-2-4-7(6)9(13)14/h1-2,6-7H,3-4H2,(H,11,12)(H,13,14)/t6-,7+/m1/s1. The van der Waals surface area contributed by atoms with Crippen LogP contribution in [0.3, 0.4) is 0 Å². The van der Waals surface area contributed by atoms with Gasteiger partial charge in [-0.15, -0.1) is 0 Å². The number of aliphatic carboxylic acids is 1. The van der Waals surface area contributed by atoms with Gasteiger partial charge in [-0.1, -0.05) is 12.2 Å². The Hall–Kier alpha value is -1.83. The summed E-state index contributed by atoms with van der Waals surface area (Å²) in [4.78, 5) is 22.1. The van der Waals surface area contributed by atoms with Crippen molar-refractivity contribution < 1.29 is 14.7 Å². The Morgan fingerprint density at radius 2 is 1.93 bits per heavy atom. The maximum Gasteiger partial charge on any atom is 0.307 e. The Morgan fingerprint density at radius 1 is 1.36 bits per heavy atom. The highest BCUT2D eigenvalue weighted by Gasteiger charge is 2.33. The molecular formula is C9H10N2O3. The fraction of sp³-hybridized carbons (Fsp3) is 0.444. The molecule has 0 aliphatic heterocycles. The molecule has 0 aromatic heterocycles. The second-order valence-electron chi connectivity index (χ2n) is 3.10. The SMILES string of the molecule is N#CNC(=O)[C@@H]1CC=CC[C@@H]1C(=O)O. The normalized spacial score (nSPS) is 25.1. The zero-order valence-corrected chi connectivity index (χ0v) is 7.43. The molecule has 1 amide bonds. The minimum Gasteiger partial charge on any atom is -0.481 e. The van der Waals surface area contributed by atoms with E-state index in [-0.39, 0.29) is 0 Å². The smallest absolute Gasteiger partial charge is 0.307 e. The number of nitrogens with zero attached hydrogens (tertiary/aromatic N) is 1. The molecule has 0 bridgehead atoms. The fourth-order valence-electron chi connectivity index (χ4n) is 1.52. The van der Waals surface area contributed by atoms with Crippen LogP contribution in [0.2, 0.25) is 0 Å². The van der Waals surface area contributed by atoms with Gasteiger partial charge in [0.05, 0.1) is 11.8 Å². The number of allylic oxidation sites excluding steroid dienone is 2. The molecule has 0 spiro atoms. The van der Waals surface area contributed by atoms with Gasteiger partial charge in [-0.25, -0.2) is 0 Å². The van der Waals surface area contributed by atoms with Gasteiger partial charge in [-0.05, 0) is 12.8 Å². The van der Waals surface area contributed by atoms with Crippen molar-refractivity contribution in [2.24, 2.45) is 11.8 Å². The highest BCUT2D eigenvalue weighted by Crippen LogP contribution is 2.25. The van der Waals surface area contributed by atoms with Gasteiger partial charge in [0.2, 0.25) is 5.91 Å². The fourth-order valence-corrected chi connectivity index (χ4v) is 1.52. The van der Waals surface area contributed by atoms with Gasteiger partial charge >= 0.3 is 5.97 Å². The minimum absolute atomic E-state index is 0.346. The maximum absolute atomic E-state index is 11.3. The molecule has 1 aliphatic rings. The first-order valence-corrected chi connectivity index (χ1v) is 4.23. The lowest BCUT2D eigenvalue weighted by molar-refractivity contribution is -0.147. The van der Waals surface area contributed by atoms with Gasteiger partial charge in [0.25, 0.3) is 0 Å². The lowest BCUT2D eigenvalue weighted by Crippen LogP contribution is -2.36. The van der Waals surface area contributed by atoms with E-state index in [2.05, 4.69) is 0 Å². The summed E-state index contributed by atoms with van der Waals surface area (Å²) in [6.07, 6.45) is 5.74. The van der Waals surface area contributed by atoms with Gasteiger partial charge < -0.3 is 5.11 Å². The summed E-state index contributed by atoms with van der Waals surface area (Å²) in [6, 6.07) is 0. The van der Waals surface area contributed by atoms with Crippen molar-refractivity contribution in [2.45, 2.75) is 12.8 Å². The zero-order valence-electron chi connectivity index (χ0n) is 7.43. The van der Waals surface area contributed by atoms with E-state index in [9.17, 15) is 9.59 Å². The van der Waals surface area contributed by atoms with E-state index < -0.39 is 23.7 Å². The van der Waals surface area contributed by atoms with Crippen LogP contribution in [0.15, 0.2) is 12.2 Å². The summed E-state index contributed by atoms with van der Waals surface area (Å²) in [7, 11) is 0. The molecule has 14 heavy (non-hydrogen) atoms. The third-order valence-electron chi connectivity index (χ3n) is 2.27. The van der Waals surface area contributed by atoms with Gasteiger partial charge in [0, 0.05) is 0 Å². The highest BCUT2D eigenvalue weighted by atomic mass is 16.4. The van der Waals surface area contributed by atoms with E-state index in [1.54, 1.807) is 12.2 Å². The molecule has 0 saturated heterocycles. The second kappa shape index (κ2) is 4.42. The molecule has 5 heteroatoms. The van der Waals surface area contributed by atoms with E-state index in [1.165, 1.54) is 6.19 Å². The van der Waals surface area contributed by atoms with Crippen LogP contribution in [0.5, 0.6) is 0 Å². The van der Waals surface area contributed by atoms with Gasteiger partial charge in [0.1, 0.15) is 0 Å². The van der Waals surface area contributed by atoms with Gasteiger partial charge in [-0.2, -0.15) is 5.26 Å². The van der Waals surface area contributed by atoms with Crippen molar-refractivity contribution in [3.63, 3.8) is 0 Å². The Morgan fingerprint density at radius 3 is 2.43 bits per heavy atom. The molecule has 0 heterocycles. The number of carbonyl (C=O) groups excluding carboxylic acids is 1. The van der Waals surface area contributed by atoms with Gasteiger partial charge in [-0.3, -0.25) is 14.9 Å². The summed E-state index contributed by atoms with van der Waals surface area (Å²) in [6.45, 7) is 0. The first-order valence-electron chi connectivity index (χ1n) is 4.23. The predicted octanol–water partition coefficient (Wildman–Crippen LogP) is 0.251. The van der Waals surface area contributed by atoms with E-state index in [0.29, 0.717) is 12.8 Å². The number of amides is 1. The molecule has 2 atom stereocenters. The number of carboxylic acid groups (broad SMARTS) is 1. The minimum atomic E-state index is -0.993. The Kier molecular flexibility index (Phi) is 3.24. The summed E-state index contributed by atoms with van der Waals surface area (Å²) < 4.78 is 0. The average molecular weight is 194 g/mol. The third kappa shape index (κ3) is 2.10. The number of hydrogen-bond donors (Lipinski definition) is 2. The van der Waals surface area contributed by atoms with Crippen molar-refractivity contribution in [1.29, 1.82) is 5.26 Å². The predicted molar refractivity (Wildman–Crippen MR) is 46.7 cm³/mol. The molecule has 0 radical (unpaired) electrons. The average Bonchev–Trinajstić information content (AvgIpc) is 2.18. The lowest BCUT2D eigenvalue weighted by atomic mass is 9.82. The quantitative estimate of drug-likeness (QED) is 0.374. The molecule has 5 nitrogen and oxygen atoms in total. The second-order valence-corrected chi connectivity index (χ2v) is 3.10. The summed E-state index contributed by atoms with van der Waals surface area (Å²) in [5.74, 6) is -2.85. The number of rotatable bonds is 2. The molecule has 0 fully saturated rings. The number of carboxylic acids is 1. The van der Waals surface area contributed by atoms with Crippen LogP contribution in [0, 0.1) is 23.3 Å². The van der Waals surface area contributed by atoms with Crippen molar-refractivity contribution in [1.82, 2.24) is 5.32 Å². The first kappa shape index (κ1) is 10.3. The van der Waals surface area contributed by atoms with Gasteiger partial charge in [0.15, 0.2) is 6.19 Å². The van der Waals surface area contributed by atoms with E-state index in [0.717, 1.165) is 0 Å². The molecule has 0 aromatic carbocycles. The van der Waals surface area contributed by atoms with E-state index in [1.807, 2.05) is 5.32 Å². The maximum atomic E-state index is 11.3. The monoisotopic (exact) mass is 194 g/mol.